The maximum absolute atomic E-state index is 12.1. The molecule has 0 saturated carbocycles. The minimum Gasteiger partial charge on any atom is -0.445 e. The first-order chi connectivity index (χ1) is 11.3. The third-order valence-corrected chi connectivity index (χ3v) is 3.55. The lowest BCUT2D eigenvalue weighted by molar-refractivity contribution is -0.0527. The van der Waals surface area contributed by atoms with Crippen LogP contribution >= 0.6 is 0 Å². The highest BCUT2D eigenvalue weighted by Crippen LogP contribution is 2.25. The minimum absolute atomic E-state index is 0.135. The number of alkyl carbamates (subject to hydrolysis) is 1. The van der Waals surface area contributed by atoms with Gasteiger partial charge in [0.1, 0.15) is 18.4 Å². The molecule has 1 aliphatic heterocycles. The fraction of sp³-hybridized carbons (Fsp3) is 0.529. The van der Waals surface area contributed by atoms with Gasteiger partial charge in [-0.25, -0.2) is 9.59 Å². The van der Waals surface area contributed by atoms with Gasteiger partial charge in [0.2, 0.25) is 0 Å². The molecule has 1 saturated heterocycles. The number of benzene rings is 1. The number of hydrogen-bond donors (Lipinski definition) is 2. The summed E-state index contributed by atoms with van der Waals surface area (Å²) in [5.41, 5.74) is 0.240. The molecule has 0 spiro atoms. The summed E-state index contributed by atoms with van der Waals surface area (Å²) in [6.07, 6.45) is -1.80. The van der Waals surface area contributed by atoms with E-state index in [0.29, 0.717) is 6.54 Å². The predicted octanol–water partition coefficient (Wildman–Crippen LogP) is 2.10. The van der Waals surface area contributed by atoms with Crippen LogP contribution in [0.3, 0.4) is 0 Å². The fourth-order valence-electron chi connectivity index (χ4n) is 2.33. The van der Waals surface area contributed by atoms with Crippen LogP contribution in [0.5, 0.6) is 0 Å². The van der Waals surface area contributed by atoms with Gasteiger partial charge >= 0.3 is 12.2 Å². The third-order valence-electron chi connectivity index (χ3n) is 3.55. The lowest BCUT2D eigenvalue weighted by Crippen LogP contribution is -2.67. The smallest absolute Gasteiger partial charge is 0.411 e. The fourth-order valence-corrected chi connectivity index (χ4v) is 2.33. The van der Waals surface area contributed by atoms with Crippen LogP contribution in [0, 0.1) is 5.92 Å². The molecule has 2 atom stereocenters. The molecule has 2 unspecified atom stereocenters. The summed E-state index contributed by atoms with van der Waals surface area (Å²) in [6, 6.07) is 9.28. The Hall–Kier alpha value is -2.28. The van der Waals surface area contributed by atoms with Crippen LogP contribution in [0.1, 0.15) is 26.3 Å². The van der Waals surface area contributed by atoms with Gasteiger partial charge in [0.25, 0.3) is 0 Å². The van der Waals surface area contributed by atoms with E-state index in [0.717, 1.165) is 5.56 Å². The molecule has 7 heteroatoms. The summed E-state index contributed by atoms with van der Waals surface area (Å²) >= 11 is 0. The summed E-state index contributed by atoms with van der Waals surface area (Å²) in [6.45, 7) is 5.63. The summed E-state index contributed by atoms with van der Waals surface area (Å²) in [4.78, 5) is 25.4. The first-order valence-electron chi connectivity index (χ1n) is 7.88. The van der Waals surface area contributed by atoms with Gasteiger partial charge in [0, 0.05) is 12.5 Å². The van der Waals surface area contributed by atoms with Crippen molar-refractivity contribution in [3.8, 4) is 0 Å². The molecule has 2 N–H and O–H groups in total. The Balaban J connectivity index is 1.87. The van der Waals surface area contributed by atoms with Gasteiger partial charge in [-0.05, 0) is 26.3 Å². The van der Waals surface area contributed by atoms with Crippen LogP contribution in [0.25, 0.3) is 0 Å². The van der Waals surface area contributed by atoms with Crippen molar-refractivity contribution >= 4 is 12.2 Å². The molecule has 1 heterocycles. The van der Waals surface area contributed by atoms with Crippen molar-refractivity contribution in [3.05, 3.63) is 35.9 Å². The molecular formula is C17H24N2O5. The van der Waals surface area contributed by atoms with E-state index >= 15 is 0 Å². The number of ether oxygens (including phenoxy) is 2. The molecule has 1 aliphatic rings. The SMILES string of the molecule is CC(C)(C)OC(=O)N1CC(CO)C1NC(=O)OCc1ccccc1. The lowest BCUT2D eigenvalue weighted by atomic mass is 9.96. The van der Waals surface area contributed by atoms with E-state index < -0.39 is 24.0 Å². The van der Waals surface area contributed by atoms with Crippen LogP contribution in [-0.4, -0.2) is 47.1 Å². The summed E-state index contributed by atoms with van der Waals surface area (Å²) in [5.74, 6) is -0.234. The van der Waals surface area contributed by atoms with Gasteiger partial charge in [-0.2, -0.15) is 0 Å². The van der Waals surface area contributed by atoms with E-state index in [1.807, 2.05) is 30.3 Å². The first-order valence-corrected chi connectivity index (χ1v) is 7.88. The van der Waals surface area contributed by atoms with Crippen LogP contribution < -0.4 is 5.32 Å². The maximum atomic E-state index is 12.1. The maximum Gasteiger partial charge on any atom is 0.411 e. The Bertz CT molecular complexity index is 570. The zero-order valence-corrected chi connectivity index (χ0v) is 14.2. The lowest BCUT2D eigenvalue weighted by Gasteiger charge is -2.46. The summed E-state index contributed by atoms with van der Waals surface area (Å²) in [7, 11) is 0. The molecule has 1 fully saturated rings. The van der Waals surface area contributed by atoms with Crippen LogP contribution in [0.4, 0.5) is 9.59 Å². The zero-order valence-electron chi connectivity index (χ0n) is 14.2. The Morgan fingerprint density at radius 3 is 2.54 bits per heavy atom. The monoisotopic (exact) mass is 336 g/mol. The second kappa shape index (κ2) is 7.53. The molecular weight excluding hydrogens is 312 g/mol. The van der Waals surface area contributed by atoms with E-state index in [9.17, 15) is 14.7 Å². The van der Waals surface area contributed by atoms with Gasteiger partial charge in [0.05, 0.1) is 6.61 Å². The zero-order chi connectivity index (χ0) is 17.7. The Morgan fingerprint density at radius 2 is 1.96 bits per heavy atom. The molecule has 132 valence electrons. The van der Waals surface area contributed by atoms with E-state index in [1.165, 1.54) is 4.90 Å². The molecule has 2 rings (SSSR count). The number of carbonyl (C=O) groups is 2. The van der Waals surface area contributed by atoms with Gasteiger partial charge in [0.15, 0.2) is 0 Å². The topological polar surface area (TPSA) is 88.1 Å². The van der Waals surface area contributed by atoms with Gasteiger partial charge in [-0.3, -0.25) is 4.90 Å². The molecule has 0 radical (unpaired) electrons. The van der Waals surface area contributed by atoms with Crippen LogP contribution in [0.2, 0.25) is 0 Å². The highest BCUT2D eigenvalue weighted by Gasteiger charge is 2.44. The molecule has 7 nitrogen and oxygen atoms in total. The number of amides is 2. The third kappa shape index (κ3) is 4.86. The van der Waals surface area contributed by atoms with E-state index in [-0.39, 0.29) is 19.1 Å². The number of rotatable bonds is 4. The Kier molecular flexibility index (Phi) is 5.66. The number of aliphatic hydroxyl groups excluding tert-OH is 1. The molecule has 24 heavy (non-hydrogen) atoms. The summed E-state index contributed by atoms with van der Waals surface area (Å²) < 4.78 is 10.4. The normalized spacial score (nSPS) is 20.1. The number of carbonyl (C=O) groups excluding carboxylic acids is 2. The van der Waals surface area contributed by atoms with Crippen LogP contribution in [0.15, 0.2) is 30.3 Å². The van der Waals surface area contributed by atoms with E-state index in [4.69, 9.17) is 9.47 Å². The van der Waals surface area contributed by atoms with Crippen molar-refractivity contribution in [1.29, 1.82) is 0 Å². The Morgan fingerprint density at radius 1 is 1.29 bits per heavy atom. The number of nitrogens with one attached hydrogen (secondary N) is 1. The van der Waals surface area contributed by atoms with Crippen molar-refractivity contribution < 1.29 is 24.2 Å². The minimum atomic E-state index is -0.643. The van der Waals surface area contributed by atoms with Crippen molar-refractivity contribution in [2.24, 2.45) is 5.92 Å². The number of likely N-dealkylation sites (tertiary alicyclic amines) is 1. The number of nitrogens with zero attached hydrogens (tertiary/aromatic N) is 1. The second-order valence-corrected chi connectivity index (χ2v) is 6.73. The van der Waals surface area contributed by atoms with Crippen molar-refractivity contribution in [2.45, 2.75) is 39.1 Å². The van der Waals surface area contributed by atoms with Crippen molar-refractivity contribution in [3.63, 3.8) is 0 Å². The quantitative estimate of drug-likeness (QED) is 0.879. The van der Waals surface area contributed by atoms with E-state index in [2.05, 4.69) is 5.32 Å². The van der Waals surface area contributed by atoms with Gasteiger partial charge in [-0.15, -0.1) is 0 Å². The standard InChI is InChI=1S/C17H24N2O5/c1-17(2,3)24-16(22)19-9-13(10-20)14(19)18-15(21)23-11-12-7-5-4-6-8-12/h4-8,13-14,20H,9-11H2,1-3H3,(H,18,21). The van der Waals surface area contributed by atoms with Gasteiger partial charge < -0.3 is 19.9 Å². The largest absolute Gasteiger partial charge is 0.445 e. The molecule has 0 aromatic heterocycles. The molecule has 1 aromatic rings. The highest BCUT2D eigenvalue weighted by molar-refractivity contribution is 5.72. The van der Waals surface area contributed by atoms with Crippen molar-refractivity contribution in [2.75, 3.05) is 13.2 Å². The average Bonchev–Trinajstić information content (AvgIpc) is 2.49. The number of hydrogen-bond acceptors (Lipinski definition) is 5. The molecule has 0 aliphatic carbocycles. The first kappa shape index (κ1) is 18.1. The van der Waals surface area contributed by atoms with Crippen molar-refractivity contribution in [1.82, 2.24) is 10.2 Å². The molecule has 2 amide bonds. The summed E-state index contributed by atoms with van der Waals surface area (Å²) in [5, 5.41) is 11.9. The molecule has 0 bridgehead atoms. The van der Waals surface area contributed by atoms with Crippen LogP contribution in [-0.2, 0) is 16.1 Å². The molecule has 1 aromatic carbocycles. The number of aliphatic hydroxyl groups is 1. The average molecular weight is 336 g/mol. The van der Waals surface area contributed by atoms with Gasteiger partial charge in [-0.1, -0.05) is 30.3 Å². The predicted molar refractivity (Wildman–Crippen MR) is 87.1 cm³/mol. The Labute approximate surface area is 141 Å². The second-order valence-electron chi connectivity index (χ2n) is 6.73. The van der Waals surface area contributed by atoms with E-state index in [1.54, 1.807) is 20.8 Å². The highest BCUT2D eigenvalue weighted by atomic mass is 16.6.